The average Bonchev–Trinajstić information content (AvgIpc) is 2.86. The summed E-state index contributed by atoms with van der Waals surface area (Å²) in [5, 5.41) is 3.45. The Labute approximate surface area is 141 Å². The summed E-state index contributed by atoms with van der Waals surface area (Å²) < 4.78 is 22.6. The lowest BCUT2D eigenvalue weighted by molar-refractivity contribution is 0.171. The minimum Gasteiger partial charge on any atom is -0.490 e. The molecular weight excluding hydrogens is 306 g/mol. The van der Waals surface area contributed by atoms with Crippen molar-refractivity contribution in [2.45, 2.75) is 19.5 Å². The van der Waals surface area contributed by atoms with Crippen LogP contribution in [0.1, 0.15) is 17.5 Å². The highest BCUT2D eigenvalue weighted by atomic mass is 16.6. The first kappa shape index (κ1) is 15.1. The Bertz CT molecular complexity index is 717. The Morgan fingerprint density at radius 1 is 0.625 bits per heavy atom. The summed E-state index contributed by atoms with van der Waals surface area (Å²) in [4.78, 5) is 0. The molecule has 0 fully saturated rings. The van der Waals surface area contributed by atoms with Gasteiger partial charge in [0.2, 0.25) is 0 Å². The molecule has 0 atom stereocenters. The minimum absolute atomic E-state index is 0.612. The molecule has 0 aromatic heterocycles. The number of hydrogen-bond acceptors (Lipinski definition) is 5. The van der Waals surface area contributed by atoms with Gasteiger partial charge in [0.1, 0.15) is 13.2 Å². The molecule has 0 unspecified atom stereocenters. The molecule has 2 aliphatic rings. The van der Waals surface area contributed by atoms with Crippen molar-refractivity contribution in [1.82, 2.24) is 5.32 Å². The largest absolute Gasteiger partial charge is 0.490 e. The summed E-state index contributed by atoms with van der Waals surface area (Å²) in [6.45, 7) is 4.20. The number of benzene rings is 2. The van der Waals surface area contributed by atoms with Crippen LogP contribution in [-0.2, 0) is 13.1 Å². The van der Waals surface area contributed by atoms with Crippen molar-refractivity contribution in [2.24, 2.45) is 0 Å². The minimum atomic E-state index is 0.612. The van der Waals surface area contributed by atoms with Crippen molar-refractivity contribution < 1.29 is 18.9 Å². The molecule has 1 N–H and O–H groups in total. The Hall–Kier alpha value is -2.40. The SMILES string of the molecule is c1cc2c(cc1CNCc1ccc3c(c1)OCCO3)OCCCO2. The molecular formula is C19H21NO4. The normalized spacial score (nSPS) is 15.7. The zero-order chi connectivity index (χ0) is 16.2. The van der Waals surface area contributed by atoms with Crippen LogP contribution in [0.25, 0.3) is 0 Å². The van der Waals surface area contributed by atoms with Gasteiger partial charge >= 0.3 is 0 Å². The molecule has 24 heavy (non-hydrogen) atoms. The van der Waals surface area contributed by atoms with E-state index < -0.39 is 0 Å². The third-order valence-corrected chi connectivity index (χ3v) is 4.08. The van der Waals surface area contributed by atoms with E-state index in [4.69, 9.17) is 18.9 Å². The van der Waals surface area contributed by atoms with Crippen molar-refractivity contribution in [3.63, 3.8) is 0 Å². The van der Waals surface area contributed by atoms with Gasteiger partial charge in [-0.15, -0.1) is 0 Å². The molecule has 0 amide bonds. The molecule has 126 valence electrons. The van der Waals surface area contributed by atoms with Crippen molar-refractivity contribution in [3.05, 3.63) is 47.5 Å². The van der Waals surface area contributed by atoms with Gasteiger partial charge in [-0.05, 0) is 35.4 Å². The second-order valence-electron chi connectivity index (χ2n) is 5.91. The maximum atomic E-state index is 5.73. The standard InChI is InChI=1S/C19H21NO4/c1-6-21-16-4-2-14(10-18(16)22-7-1)12-20-13-15-3-5-17-19(11-15)24-9-8-23-17/h2-5,10-11,20H,1,6-9,12-13H2. The number of hydrogen-bond donors (Lipinski definition) is 1. The number of rotatable bonds is 4. The molecule has 4 rings (SSSR count). The lowest BCUT2D eigenvalue weighted by Crippen LogP contribution is -2.16. The number of ether oxygens (including phenoxy) is 4. The van der Waals surface area contributed by atoms with Crippen molar-refractivity contribution in [2.75, 3.05) is 26.4 Å². The molecule has 0 saturated carbocycles. The zero-order valence-electron chi connectivity index (χ0n) is 13.5. The molecule has 0 radical (unpaired) electrons. The van der Waals surface area contributed by atoms with Gasteiger partial charge in [-0.1, -0.05) is 12.1 Å². The molecule has 0 saturated heterocycles. The highest BCUT2D eigenvalue weighted by Gasteiger charge is 2.12. The van der Waals surface area contributed by atoms with Gasteiger partial charge in [-0.2, -0.15) is 0 Å². The van der Waals surface area contributed by atoms with E-state index in [0.29, 0.717) is 26.4 Å². The number of fused-ring (bicyclic) bond motifs is 2. The predicted molar refractivity (Wildman–Crippen MR) is 90.0 cm³/mol. The second-order valence-corrected chi connectivity index (χ2v) is 5.91. The topological polar surface area (TPSA) is 49.0 Å². The van der Waals surface area contributed by atoms with E-state index in [2.05, 4.69) is 23.5 Å². The molecule has 0 spiro atoms. The Balaban J connectivity index is 1.36. The van der Waals surface area contributed by atoms with E-state index in [1.54, 1.807) is 0 Å². The molecule has 0 aliphatic carbocycles. The lowest BCUT2D eigenvalue weighted by atomic mass is 10.1. The fourth-order valence-corrected chi connectivity index (χ4v) is 2.87. The van der Waals surface area contributed by atoms with Gasteiger partial charge in [0, 0.05) is 19.5 Å². The summed E-state index contributed by atoms with van der Waals surface area (Å²) >= 11 is 0. The second kappa shape index (κ2) is 7.01. The molecule has 2 aromatic rings. The molecule has 5 heteroatoms. The predicted octanol–water partition coefficient (Wildman–Crippen LogP) is 2.91. The van der Waals surface area contributed by atoms with Crippen molar-refractivity contribution in [3.8, 4) is 23.0 Å². The van der Waals surface area contributed by atoms with Crippen LogP contribution in [0.3, 0.4) is 0 Å². The van der Waals surface area contributed by atoms with Gasteiger partial charge < -0.3 is 24.3 Å². The maximum Gasteiger partial charge on any atom is 0.161 e. The maximum absolute atomic E-state index is 5.73. The first-order valence-corrected chi connectivity index (χ1v) is 8.36. The van der Waals surface area contributed by atoms with Crippen LogP contribution in [0.5, 0.6) is 23.0 Å². The van der Waals surface area contributed by atoms with E-state index >= 15 is 0 Å². The summed E-state index contributed by atoms with van der Waals surface area (Å²) in [5.41, 5.74) is 2.35. The van der Waals surface area contributed by atoms with Crippen molar-refractivity contribution in [1.29, 1.82) is 0 Å². The van der Waals surface area contributed by atoms with Gasteiger partial charge in [0.25, 0.3) is 0 Å². The van der Waals surface area contributed by atoms with Crippen LogP contribution in [0.2, 0.25) is 0 Å². The molecule has 2 aliphatic heterocycles. The third-order valence-electron chi connectivity index (χ3n) is 4.08. The average molecular weight is 327 g/mol. The fraction of sp³-hybridized carbons (Fsp3) is 0.368. The third kappa shape index (κ3) is 3.41. The summed E-state index contributed by atoms with van der Waals surface area (Å²) in [6, 6.07) is 12.2. The van der Waals surface area contributed by atoms with E-state index in [0.717, 1.165) is 42.5 Å². The smallest absolute Gasteiger partial charge is 0.161 e. The van der Waals surface area contributed by atoms with E-state index in [1.165, 1.54) is 11.1 Å². The summed E-state index contributed by atoms with van der Waals surface area (Å²) in [5.74, 6) is 3.33. The molecule has 2 heterocycles. The summed E-state index contributed by atoms with van der Waals surface area (Å²) in [6.07, 6.45) is 0.923. The van der Waals surface area contributed by atoms with Crippen LogP contribution >= 0.6 is 0 Å². The first-order valence-electron chi connectivity index (χ1n) is 8.36. The lowest BCUT2D eigenvalue weighted by Gasteiger charge is -2.19. The highest BCUT2D eigenvalue weighted by Crippen LogP contribution is 2.31. The quantitative estimate of drug-likeness (QED) is 0.936. The van der Waals surface area contributed by atoms with Crippen LogP contribution in [0.4, 0.5) is 0 Å². The van der Waals surface area contributed by atoms with Crippen LogP contribution in [0, 0.1) is 0 Å². The Morgan fingerprint density at radius 3 is 1.75 bits per heavy atom. The monoisotopic (exact) mass is 327 g/mol. The zero-order valence-corrected chi connectivity index (χ0v) is 13.5. The Kier molecular flexibility index (Phi) is 4.42. The molecule has 5 nitrogen and oxygen atoms in total. The number of nitrogens with one attached hydrogen (secondary N) is 1. The van der Waals surface area contributed by atoms with Crippen LogP contribution in [0.15, 0.2) is 36.4 Å². The fourth-order valence-electron chi connectivity index (χ4n) is 2.87. The molecule has 2 aromatic carbocycles. The molecule has 0 bridgehead atoms. The van der Waals surface area contributed by atoms with Gasteiger partial charge in [-0.25, -0.2) is 0 Å². The van der Waals surface area contributed by atoms with Gasteiger partial charge in [0.15, 0.2) is 23.0 Å². The van der Waals surface area contributed by atoms with E-state index in [9.17, 15) is 0 Å². The first-order chi connectivity index (χ1) is 11.9. The van der Waals surface area contributed by atoms with Gasteiger partial charge in [0.05, 0.1) is 13.2 Å². The highest BCUT2D eigenvalue weighted by molar-refractivity contribution is 5.44. The van der Waals surface area contributed by atoms with E-state index in [-0.39, 0.29) is 0 Å². The summed E-state index contributed by atoms with van der Waals surface area (Å²) in [7, 11) is 0. The van der Waals surface area contributed by atoms with Gasteiger partial charge in [-0.3, -0.25) is 0 Å². The van der Waals surface area contributed by atoms with E-state index in [1.807, 2.05) is 18.2 Å². The van der Waals surface area contributed by atoms with Crippen LogP contribution < -0.4 is 24.3 Å². The van der Waals surface area contributed by atoms with Crippen molar-refractivity contribution >= 4 is 0 Å². The Morgan fingerprint density at radius 2 is 1.12 bits per heavy atom. The van der Waals surface area contributed by atoms with Crippen LogP contribution in [-0.4, -0.2) is 26.4 Å².